The van der Waals surface area contributed by atoms with E-state index in [2.05, 4.69) is 20.9 Å². The lowest BCUT2D eigenvalue weighted by atomic mass is 10.2. The Bertz CT molecular complexity index is 561. The zero-order chi connectivity index (χ0) is 13.7. The predicted molar refractivity (Wildman–Crippen MR) is 77.2 cm³/mol. The maximum absolute atomic E-state index is 5.75. The van der Waals surface area contributed by atoms with Crippen LogP contribution in [0, 0.1) is 0 Å². The van der Waals surface area contributed by atoms with E-state index >= 15 is 0 Å². The van der Waals surface area contributed by atoms with Gasteiger partial charge in [-0.1, -0.05) is 0 Å². The molecule has 0 aliphatic heterocycles. The standard InChI is InChI=1S/C14H15BrN2O2/c1-18-12-2-3-14(13(15)7-12)19-9-10-4-5-17-11(6-10)8-16/h2-7H,8-9,16H2,1H3. The largest absolute Gasteiger partial charge is 0.497 e. The number of methoxy groups -OCH3 is 1. The molecule has 0 atom stereocenters. The molecule has 100 valence electrons. The van der Waals surface area contributed by atoms with Gasteiger partial charge in [-0.15, -0.1) is 0 Å². The minimum atomic E-state index is 0.431. The molecule has 0 amide bonds. The Balaban J connectivity index is 2.05. The fraction of sp³-hybridized carbons (Fsp3) is 0.214. The molecule has 19 heavy (non-hydrogen) atoms. The summed E-state index contributed by atoms with van der Waals surface area (Å²) in [7, 11) is 1.63. The van der Waals surface area contributed by atoms with Crippen LogP contribution in [0.5, 0.6) is 11.5 Å². The molecule has 0 fully saturated rings. The van der Waals surface area contributed by atoms with Crippen molar-refractivity contribution in [2.75, 3.05) is 7.11 Å². The molecular weight excluding hydrogens is 308 g/mol. The number of benzene rings is 1. The summed E-state index contributed by atoms with van der Waals surface area (Å²) in [4.78, 5) is 4.15. The second-order valence-corrected chi connectivity index (χ2v) is 4.80. The van der Waals surface area contributed by atoms with Crippen molar-refractivity contribution in [3.05, 3.63) is 52.3 Å². The second-order valence-electron chi connectivity index (χ2n) is 3.94. The molecule has 0 aliphatic rings. The van der Waals surface area contributed by atoms with Gasteiger partial charge < -0.3 is 15.2 Å². The molecule has 1 heterocycles. The summed E-state index contributed by atoms with van der Waals surface area (Å²) in [5.41, 5.74) is 7.45. The van der Waals surface area contributed by atoms with Crippen LogP contribution in [-0.4, -0.2) is 12.1 Å². The Hall–Kier alpha value is -1.59. The van der Waals surface area contributed by atoms with Crippen LogP contribution in [0.25, 0.3) is 0 Å². The van der Waals surface area contributed by atoms with E-state index < -0.39 is 0 Å². The Morgan fingerprint density at radius 2 is 2.11 bits per heavy atom. The Kier molecular flexibility index (Phi) is 4.76. The molecule has 0 bridgehead atoms. The first kappa shape index (κ1) is 13.8. The van der Waals surface area contributed by atoms with Crippen LogP contribution >= 0.6 is 15.9 Å². The first-order chi connectivity index (χ1) is 9.22. The molecule has 4 nitrogen and oxygen atoms in total. The van der Waals surface area contributed by atoms with Crippen molar-refractivity contribution in [3.63, 3.8) is 0 Å². The van der Waals surface area contributed by atoms with Crippen LogP contribution in [0.4, 0.5) is 0 Å². The number of rotatable bonds is 5. The Labute approximate surface area is 120 Å². The maximum atomic E-state index is 5.75. The van der Waals surface area contributed by atoms with Crippen molar-refractivity contribution in [2.45, 2.75) is 13.2 Å². The Morgan fingerprint density at radius 1 is 1.26 bits per heavy atom. The number of nitrogens with zero attached hydrogens (tertiary/aromatic N) is 1. The quantitative estimate of drug-likeness (QED) is 0.919. The number of nitrogens with two attached hydrogens (primary N) is 1. The van der Waals surface area contributed by atoms with Crippen molar-refractivity contribution < 1.29 is 9.47 Å². The summed E-state index contributed by atoms with van der Waals surface area (Å²) in [6, 6.07) is 9.45. The van der Waals surface area contributed by atoms with E-state index in [1.165, 1.54) is 0 Å². The summed E-state index contributed by atoms with van der Waals surface area (Å²) in [6.45, 7) is 0.903. The lowest BCUT2D eigenvalue weighted by Crippen LogP contribution is -2.02. The van der Waals surface area contributed by atoms with Crippen LogP contribution < -0.4 is 15.2 Å². The van der Waals surface area contributed by atoms with Crippen molar-refractivity contribution in [1.29, 1.82) is 0 Å². The van der Waals surface area contributed by atoms with Gasteiger partial charge in [0.05, 0.1) is 17.3 Å². The molecule has 0 unspecified atom stereocenters. The van der Waals surface area contributed by atoms with Crippen molar-refractivity contribution in [1.82, 2.24) is 4.98 Å². The molecule has 0 saturated carbocycles. The van der Waals surface area contributed by atoms with Gasteiger partial charge in [0, 0.05) is 12.7 Å². The van der Waals surface area contributed by atoms with Crippen LogP contribution in [0.1, 0.15) is 11.3 Å². The molecular formula is C14H15BrN2O2. The van der Waals surface area contributed by atoms with E-state index in [4.69, 9.17) is 15.2 Å². The first-order valence-corrected chi connectivity index (χ1v) is 6.62. The zero-order valence-electron chi connectivity index (χ0n) is 10.6. The van der Waals surface area contributed by atoms with Crippen LogP contribution in [0.2, 0.25) is 0 Å². The summed E-state index contributed by atoms with van der Waals surface area (Å²) in [5.74, 6) is 1.56. The van der Waals surface area contributed by atoms with Gasteiger partial charge >= 0.3 is 0 Å². The van der Waals surface area contributed by atoms with Crippen molar-refractivity contribution in [2.24, 2.45) is 5.73 Å². The predicted octanol–water partition coefficient (Wildman–Crippen LogP) is 2.89. The number of hydrogen-bond donors (Lipinski definition) is 1. The fourth-order valence-corrected chi connectivity index (χ4v) is 2.09. The summed E-state index contributed by atoms with van der Waals surface area (Å²) in [6.07, 6.45) is 1.74. The second kappa shape index (κ2) is 6.54. The summed E-state index contributed by atoms with van der Waals surface area (Å²) >= 11 is 3.45. The van der Waals surface area contributed by atoms with Gasteiger partial charge in [0.25, 0.3) is 0 Å². The number of hydrogen-bond acceptors (Lipinski definition) is 4. The molecule has 0 saturated heterocycles. The molecule has 1 aromatic carbocycles. The van der Waals surface area contributed by atoms with Crippen LogP contribution in [-0.2, 0) is 13.2 Å². The molecule has 2 rings (SSSR count). The first-order valence-electron chi connectivity index (χ1n) is 5.83. The maximum Gasteiger partial charge on any atom is 0.134 e. The van der Waals surface area contributed by atoms with Crippen LogP contribution in [0.3, 0.4) is 0 Å². The van der Waals surface area contributed by atoms with Gasteiger partial charge in [0.2, 0.25) is 0 Å². The van der Waals surface area contributed by atoms with Crippen molar-refractivity contribution in [3.8, 4) is 11.5 Å². The van der Waals surface area contributed by atoms with Crippen molar-refractivity contribution >= 4 is 15.9 Å². The highest BCUT2D eigenvalue weighted by molar-refractivity contribution is 9.10. The lowest BCUT2D eigenvalue weighted by Gasteiger charge is -2.10. The summed E-state index contributed by atoms with van der Waals surface area (Å²) in [5, 5.41) is 0. The number of halogens is 1. The highest BCUT2D eigenvalue weighted by atomic mass is 79.9. The van der Waals surface area contributed by atoms with E-state index in [9.17, 15) is 0 Å². The highest BCUT2D eigenvalue weighted by Crippen LogP contribution is 2.29. The minimum absolute atomic E-state index is 0.431. The van der Waals surface area contributed by atoms with Gasteiger partial charge in [-0.25, -0.2) is 0 Å². The van der Waals surface area contributed by atoms with E-state index in [0.29, 0.717) is 13.2 Å². The van der Waals surface area contributed by atoms with Gasteiger partial charge in [-0.2, -0.15) is 0 Å². The number of pyridine rings is 1. The molecule has 2 aromatic rings. The zero-order valence-corrected chi connectivity index (χ0v) is 12.2. The van der Waals surface area contributed by atoms with Gasteiger partial charge in [-0.05, 0) is 51.8 Å². The van der Waals surface area contributed by atoms with E-state index in [1.807, 2.05) is 30.3 Å². The lowest BCUT2D eigenvalue weighted by molar-refractivity contribution is 0.303. The molecule has 0 spiro atoms. The monoisotopic (exact) mass is 322 g/mol. The molecule has 0 radical (unpaired) electrons. The molecule has 5 heteroatoms. The topological polar surface area (TPSA) is 57.4 Å². The van der Waals surface area contributed by atoms with E-state index in [1.54, 1.807) is 13.3 Å². The van der Waals surface area contributed by atoms with E-state index in [-0.39, 0.29) is 0 Å². The third-order valence-electron chi connectivity index (χ3n) is 2.62. The highest BCUT2D eigenvalue weighted by Gasteiger charge is 2.04. The average Bonchev–Trinajstić information content (AvgIpc) is 2.46. The smallest absolute Gasteiger partial charge is 0.134 e. The molecule has 0 aliphatic carbocycles. The van der Waals surface area contributed by atoms with Gasteiger partial charge in [-0.3, -0.25) is 4.98 Å². The van der Waals surface area contributed by atoms with Crippen LogP contribution in [0.15, 0.2) is 41.0 Å². The average molecular weight is 323 g/mol. The number of ether oxygens (including phenoxy) is 2. The third kappa shape index (κ3) is 3.68. The SMILES string of the molecule is COc1ccc(OCc2ccnc(CN)c2)c(Br)c1. The summed E-state index contributed by atoms with van der Waals surface area (Å²) < 4.78 is 11.7. The van der Waals surface area contributed by atoms with E-state index in [0.717, 1.165) is 27.2 Å². The Morgan fingerprint density at radius 3 is 2.79 bits per heavy atom. The molecule has 2 N–H and O–H groups in total. The van der Waals surface area contributed by atoms with Gasteiger partial charge in [0.15, 0.2) is 0 Å². The fourth-order valence-electron chi connectivity index (χ4n) is 1.62. The minimum Gasteiger partial charge on any atom is -0.497 e. The van der Waals surface area contributed by atoms with Gasteiger partial charge in [0.1, 0.15) is 18.1 Å². The number of aromatic nitrogens is 1. The normalized spacial score (nSPS) is 10.3. The third-order valence-corrected chi connectivity index (χ3v) is 3.24. The molecule has 1 aromatic heterocycles.